The van der Waals surface area contributed by atoms with Crippen molar-refractivity contribution in [3.63, 3.8) is 0 Å². The van der Waals surface area contributed by atoms with Crippen LogP contribution in [0.3, 0.4) is 0 Å². The summed E-state index contributed by atoms with van der Waals surface area (Å²) >= 11 is 0. The Hall–Kier alpha value is -1.40. The molecule has 0 bridgehead atoms. The van der Waals surface area contributed by atoms with Crippen LogP contribution in [-0.2, 0) is 14.8 Å². The van der Waals surface area contributed by atoms with Gasteiger partial charge in [-0.1, -0.05) is 51.1 Å². The van der Waals surface area contributed by atoms with Crippen LogP contribution in [0.15, 0.2) is 30.3 Å². The fourth-order valence-corrected chi connectivity index (χ4v) is 3.18. The Morgan fingerprint density at radius 2 is 1.80 bits per heavy atom. The molecular formula is C14H21NO4S. The molecule has 0 saturated heterocycles. The standard InChI is InChI=1S/C14H21NO4S/c1-14(2,3)9-10-20(18,19)15-12(13(16)17)11-7-5-4-6-8-11/h4-8,12,15H,9-10H2,1-3H3,(H,16,17)/t12-/m1/s1. The van der Waals surface area contributed by atoms with Crippen molar-refractivity contribution >= 4 is 16.0 Å². The largest absolute Gasteiger partial charge is 0.480 e. The first-order chi connectivity index (χ1) is 9.11. The number of benzene rings is 1. The van der Waals surface area contributed by atoms with E-state index in [2.05, 4.69) is 4.72 Å². The summed E-state index contributed by atoms with van der Waals surface area (Å²) in [4.78, 5) is 11.3. The van der Waals surface area contributed by atoms with Crippen LogP contribution >= 0.6 is 0 Å². The lowest BCUT2D eigenvalue weighted by atomic mass is 9.94. The third-order valence-corrected chi connectivity index (χ3v) is 4.13. The van der Waals surface area contributed by atoms with Crippen LogP contribution in [0, 0.1) is 5.41 Å². The van der Waals surface area contributed by atoms with Gasteiger partial charge in [0.15, 0.2) is 0 Å². The Kier molecular flexibility index (Phi) is 5.30. The van der Waals surface area contributed by atoms with Gasteiger partial charge in [-0.05, 0) is 17.4 Å². The summed E-state index contributed by atoms with van der Waals surface area (Å²) in [6.45, 7) is 5.82. The maximum absolute atomic E-state index is 12.0. The van der Waals surface area contributed by atoms with Crippen LogP contribution in [0.4, 0.5) is 0 Å². The van der Waals surface area contributed by atoms with E-state index in [0.717, 1.165) is 0 Å². The second-order valence-electron chi connectivity index (χ2n) is 5.93. The van der Waals surface area contributed by atoms with Gasteiger partial charge in [0.1, 0.15) is 6.04 Å². The fourth-order valence-electron chi connectivity index (χ4n) is 1.59. The van der Waals surface area contributed by atoms with Gasteiger partial charge in [-0.3, -0.25) is 4.79 Å². The highest BCUT2D eigenvalue weighted by atomic mass is 32.2. The topological polar surface area (TPSA) is 83.5 Å². The first-order valence-corrected chi connectivity index (χ1v) is 8.04. The maximum atomic E-state index is 12.0. The van der Waals surface area contributed by atoms with Crippen LogP contribution in [0.25, 0.3) is 0 Å². The highest BCUT2D eigenvalue weighted by Crippen LogP contribution is 2.20. The predicted octanol–water partition coefficient (Wildman–Crippen LogP) is 2.17. The molecule has 0 heterocycles. The fraction of sp³-hybridized carbons (Fsp3) is 0.500. The molecule has 0 aliphatic carbocycles. The quantitative estimate of drug-likeness (QED) is 0.843. The summed E-state index contributed by atoms with van der Waals surface area (Å²) in [5, 5.41) is 9.19. The van der Waals surface area contributed by atoms with Crippen molar-refractivity contribution in [3.8, 4) is 0 Å². The molecular weight excluding hydrogens is 278 g/mol. The number of nitrogens with one attached hydrogen (secondary N) is 1. The van der Waals surface area contributed by atoms with Gasteiger partial charge < -0.3 is 5.11 Å². The SMILES string of the molecule is CC(C)(C)CCS(=O)(=O)N[C@@H](C(=O)O)c1ccccc1. The van der Waals surface area contributed by atoms with E-state index in [4.69, 9.17) is 0 Å². The normalized spacial score (nSPS) is 13.9. The lowest BCUT2D eigenvalue weighted by molar-refractivity contribution is -0.139. The number of carboxylic acids is 1. The minimum Gasteiger partial charge on any atom is -0.480 e. The highest BCUT2D eigenvalue weighted by Gasteiger charge is 2.26. The molecule has 0 aromatic heterocycles. The van der Waals surface area contributed by atoms with Gasteiger partial charge in [-0.25, -0.2) is 8.42 Å². The number of hydrogen-bond donors (Lipinski definition) is 2. The average Bonchev–Trinajstić information content (AvgIpc) is 2.34. The van der Waals surface area contributed by atoms with E-state index in [1.165, 1.54) is 0 Å². The highest BCUT2D eigenvalue weighted by molar-refractivity contribution is 7.89. The molecule has 20 heavy (non-hydrogen) atoms. The molecule has 6 heteroatoms. The van der Waals surface area contributed by atoms with Crippen molar-refractivity contribution in [1.82, 2.24) is 4.72 Å². The van der Waals surface area contributed by atoms with Crippen molar-refractivity contribution < 1.29 is 18.3 Å². The number of hydrogen-bond acceptors (Lipinski definition) is 3. The zero-order valence-corrected chi connectivity index (χ0v) is 12.8. The summed E-state index contributed by atoms with van der Waals surface area (Å²) in [5.74, 6) is -1.30. The third kappa shape index (κ3) is 5.71. The summed E-state index contributed by atoms with van der Waals surface area (Å²) in [7, 11) is -3.64. The summed E-state index contributed by atoms with van der Waals surface area (Å²) in [5.41, 5.74) is 0.291. The molecule has 0 spiro atoms. The monoisotopic (exact) mass is 299 g/mol. The minimum atomic E-state index is -3.64. The zero-order valence-electron chi connectivity index (χ0n) is 12.0. The van der Waals surface area contributed by atoms with Crippen molar-refractivity contribution in [3.05, 3.63) is 35.9 Å². The van der Waals surface area contributed by atoms with Gasteiger partial charge in [0, 0.05) is 0 Å². The van der Waals surface area contributed by atoms with Crippen molar-refractivity contribution in [2.75, 3.05) is 5.75 Å². The van der Waals surface area contributed by atoms with Gasteiger partial charge in [0.05, 0.1) is 5.75 Å². The van der Waals surface area contributed by atoms with Gasteiger partial charge in [-0.15, -0.1) is 0 Å². The molecule has 0 fully saturated rings. The van der Waals surface area contributed by atoms with Gasteiger partial charge >= 0.3 is 5.97 Å². The molecule has 0 aliphatic heterocycles. The minimum absolute atomic E-state index is 0.0902. The molecule has 0 radical (unpaired) electrons. The molecule has 2 N–H and O–H groups in total. The number of sulfonamides is 1. The third-order valence-electron chi connectivity index (χ3n) is 2.80. The molecule has 0 unspecified atom stereocenters. The summed E-state index contributed by atoms with van der Waals surface area (Å²) in [6.07, 6.45) is 0.462. The molecule has 0 aliphatic rings. The number of carboxylic acid groups (broad SMARTS) is 1. The molecule has 1 aromatic rings. The molecule has 0 amide bonds. The van der Waals surface area contributed by atoms with Gasteiger partial charge in [0.2, 0.25) is 10.0 Å². The molecule has 1 rings (SSSR count). The number of rotatable bonds is 6. The second kappa shape index (κ2) is 6.37. The Bertz CT molecular complexity index is 546. The van der Waals surface area contributed by atoms with Crippen LogP contribution in [-0.4, -0.2) is 25.2 Å². The number of carbonyl (C=O) groups is 1. The van der Waals surface area contributed by atoms with Crippen LogP contribution in [0.5, 0.6) is 0 Å². The smallest absolute Gasteiger partial charge is 0.326 e. The van der Waals surface area contributed by atoms with E-state index in [9.17, 15) is 18.3 Å². The van der Waals surface area contributed by atoms with Gasteiger partial charge in [0.25, 0.3) is 0 Å². The molecule has 1 atom stereocenters. The summed E-state index contributed by atoms with van der Waals surface area (Å²) < 4.78 is 26.2. The first kappa shape index (κ1) is 16.7. The Balaban J connectivity index is 2.84. The Morgan fingerprint density at radius 3 is 2.25 bits per heavy atom. The Morgan fingerprint density at radius 1 is 1.25 bits per heavy atom. The predicted molar refractivity (Wildman–Crippen MR) is 77.8 cm³/mol. The first-order valence-electron chi connectivity index (χ1n) is 6.38. The Labute approximate surface area is 120 Å². The van der Waals surface area contributed by atoms with E-state index in [1.54, 1.807) is 30.3 Å². The molecule has 1 aromatic carbocycles. The van der Waals surface area contributed by atoms with E-state index in [-0.39, 0.29) is 11.2 Å². The van der Waals surface area contributed by atoms with Crippen LogP contribution in [0.1, 0.15) is 38.8 Å². The molecule has 5 nitrogen and oxygen atoms in total. The lowest BCUT2D eigenvalue weighted by Crippen LogP contribution is -2.36. The second-order valence-corrected chi connectivity index (χ2v) is 7.80. The van der Waals surface area contributed by atoms with Crippen molar-refractivity contribution in [2.24, 2.45) is 5.41 Å². The van der Waals surface area contributed by atoms with E-state index in [0.29, 0.717) is 12.0 Å². The zero-order chi connectivity index (χ0) is 15.4. The van der Waals surface area contributed by atoms with E-state index < -0.39 is 22.0 Å². The summed E-state index contributed by atoms with van der Waals surface area (Å²) in [6, 6.07) is 7.02. The van der Waals surface area contributed by atoms with Crippen molar-refractivity contribution in [2.45, 2.75) is 33.2 Å². The van der Waals surface area contributed by atoms with Crippen molar-refractivity contribution in [1.29, 1.82) is 0 Å². The molecule has 112 valence electrons. The lowest BCUT2D eigenvalue weighted by Gasteiger charge is -2.20. The maximum Gasteiger partial charge on any atom is 0.326 e. The molecule has 0 saturated carbocycles. The van der Waals surface area contributed by atoms with Gasteiger partial charge in [-0.2, -0.15) is 4.72 Å². The van der Waals surface area contributed by atoms with E-state index >= 15 is 0 Å². The van der Waals surface area contributed by atoms with Crippen LogP contribution < -0.4 is 4.72 Å². The van der Waals surface area contributed by atoms with E-state index in [1.807, 2.05) is 20.8 Å². The number of aliphatic carboxylic acids is 1. The average molecular weight is 299 g/mol. The van der Waals surface area contributed by atoms with Crippen LogP contribution in [0.2, 0.25) is 0 Å².